The molecule has 3 rings (SSSR count). The van der Waals surface area contributed by atoms with Gasteiger partial charge in [0.05, 0.1) is 11.6 Å². The average molecular weight is 189 g/mol. The number of nitrogens with one attached hydrogen (secondary N) is 1. The first-order valence-corrected chi connectivity index (χ1v) is 4.69. The summed E-state index contributed by atoms with van der Waals surface area (Å²) in [5.41, 5.74) is 6.58. The summed E-state index contributed by atoms with van der Waals surface area (Å²) in [6.07, 6.45) is 4.43. The number of furan rings is 1. The van der Waals surface area contributed by atoms with Crippen LogP contribution in [0.15, 0.2) is 29.0 Å². The predicted octanol–water partition coefficient (Wildman–Crippen LogP) is 1.34. The van der Waals surface area contributed by atoms with Crippen LogP contribution in [0.4, 0.5) is 5.82 Å². The number of nitrogens with zero attached hydrogens (tertiary/aromatic N) is 1. The highest BCUT2D eigenvalue weighted by Gasteiger charge is 2.33. The lowest BCUT2D eigenvalue weighted by Gasteiger charge is -2.03. The Hall–Kier alpha value is -1.55. The first kappa shape index (κ1) is 7.82. The van der Waals surface area contributed by atoms with E-state index in [2.05, 4.69) is 10.3 Å². The van der Waals surface area contributed by atoms with E-state index in [9.17, 15) is 0 Å². The average Bonchev–Trinajstić information content (AvgIpc) is 2.69. The molecule has 2 heterocycles. The van der Waals surface area contributed by atoms with Crippen molar-refractivity contribution in [2.45, 2.75) is 18.5 Å². The number of pyridine rings is 1. The van der Waals surface area contributed by atoms with Crippen LogP contribution in [-0.4, -0.2) is 17.1 Å². The Morgan fingerprint density at radius 2 is 2.36 bits per heavy atom. The Morgan fingerprint density at radius 3 is 3.14 bits per heavy atom. The van der Waals surface area contributed by atoms with Gasteiger partial charge >= 0.3 is 0 Å². The van der Waals surface area contributed by atoms with Crippen molar-refractivity contribution in [1.29, 1.82) is 0 Å². The normalized spacial score (nSPS) is 25.2. The maximum Gasteiger partial charge on any atom is 0.139 e. The van der Waals surface area contributed by atoms with Crippen molar-refractivity contribution in [3.8, 4) is 0 Å². The molecule has 0 aliphatic heterocycles. The fraction of sp³-hybridized carbons (Fsp3) is 0.300. The molecule has 4 nitrogen and oxygen atoms in total. The quantitative estimate of drug-likeness (QED) is 0.748. The van der Waals surface area contributed by atoms with E-state index in [1.54, 1.807) is 12.5 Å². The molecule has 4 heteroatoms. The number of hydrogen-bond acceptors (Lipinski definition) is 4. The Morgan fingerprint density at radius 1 is 1.50 bits per heavy atom. The Balaban J connectivity index is 1.98. The zero-order valence-electron chi connectivity index (χ0n) is 7.60. The lowest BCUT2D eigenvalue weighted by molar-refractivity contribution is 0.615. The van der Waals surface area contributed by atoms with Crippen LogP contribution in [0.5, 0.6) is 0 Å². The second-order valence-corrected chi connectivity index (χ2v) is 3.64. The topological polar surface area (TPSA) is 64.1 Å². The lowest BCUT2D eigenvalue weighted by atomic mass is 10.3. The number of nitrogens with two attached hydrogens (primary N) is 1. The molecule has 14 heavy (non-hydrogen) atoms. The largest absolute Gasteiger partial charge is 0.464 e. The maximum absolute atomic E-state index is 5.72. The van der Waals surface area contributed by atoms with Crippen molar-refractivity contribution >= 4 is 16.8 Å². The third-order valence-electron chi connectivity index (χ3n) is 2.54. The summed E-state index contributed by atoms with van der Waals surface area (Å²) < 4.78 is 5.28. The SMILES string of the molecule is NC1CC1Nc1nccc2occc12. The van der Waals surface area contributed by atoms with Crippen LogP contribution in [0.1, 0.15) is 6.42 Å². The van der Waals surface area contributed by atoms with Gasteiger partial charge in [-0.1, -0.05) is 0 Å². The highest BCUT2D eigenvalue weighted by atomic mass is 16.3. The van der Waals surface area contributed by atoms with Gasteiger partial charge < -0.3 is 15.5 Å². The molecular weight excluding hydrogens is 178 g/mol. The Kier molecular flexibility index (Phi) is 1.52. The minimum atomic E-state index is 0.277. The molecule has 72 valence electrons. The van der Waals surface area contributed by atoms with E-state index in [1.807, 2.05) is 12.1 Å². The molecule has 3 N–H and O–H groups in total. The van der Waals surface area contributed by atoms with Gasteiger partial charge in [0.25, 0.3) is 0 Å². The van der Waals surface area contributed by atoms with Gasteiger partial charge in [0.1, 0.15) is 11.4 Å². The summed E-state index contributed by atoms with van der Waals surface area (Å²) in [6, 6.07) is 4.42. The highest BCUT2D eigenvalue weighted by molar-refractivity contribution is 5.88. The van der Waals surface area contributed by atoms with E-state index >= 15 is 0 Å². The first-order chi connectivity index (χ1) is 6.84. The maximum atomic E-state index is 5.72. The van der Waals surface area contributed by atoms with Gasteiger partial charge in [-0.05, 0) is 18.6 Å². The van der Waals surface area contributed by atoms with Gasteiger partial charge in [-0.2, -0.15) is 0 Å². The van der Waals surface area contributed by atoms with Crippen molar-refractivity contribution in [3.05, 3.63) is 24.6 Å². The first-order valence-electron chi connectivity index (χ1n) is 4.69. The van der Waals surface area contributed by atoms with Gasteiger partial charge in [0.15, 0.2) is 0 Å². The van der Waals surface area contributed by atoms with Gasteiger partial charge in [-0.15, -0.1) is 0 Å². The fourth-order valence-electron chi connectivity index (χ4n) is 1.57. The number of fused-ring (bicyclic) bond motifs is 1. The molecule has 2 unspecified atom stereocenters. The van der Waals surface area contributed by atoms with Gasteiger partial charge in [0, 0.05) is 18.3 Å². The van der Waals surface area contributed by atoms with Gasteiger partial charge in [-0.3, -0.25) is 0 Å². The van der Waals surface area contributed by atoms with Gasteiger partial charge in [0.2, 0.25) is 0 Å². The lowest BCUT2D eigenvalue weighted by Crippen LogP contribution is -2.13. The van der Waals surface area contributed by atoms with Gasteiger partial charge in [-0.25, -0.2) is 4.98 Å². The molecule has 0 saturated heterocycles. The Bertz CT molecular complexity index is 465. The molecule has 0 amide bonds. The molecule has 1 aliphatic carbocycles. The fourth-order valence-corrected chi connectivity index (χ4v) is 1.57. The summed E-state index contributed by atoms with van der Waals surface area (Å²) in [4.78, 5) is 4.27. The summed E-state index contributed by atoms with van der Waals surface area (Å²) in [5, 5.41) is 4.32. The van der Waals surface area contributed by atoms with Crippen LogP contribution in [-0.2, 0) is 0 Å². The minimum Gasteiger partial charge on any atom is -0.464 e. The number of hydrogen-bond donors (Lipinski definition) is 2. The van der Waals surface area contributed by atoms with Crippen molar-refractivity contribution in [3.63, 3.8) is 0 Å². The van der Waals surface area contributed by atoms with E-state index in [4.69, 9.17) is 10.2 Å². The standard InChI is InChI=1S/C10H11N3O/c11-7-5-8(7)13-10-6-2-4-14-9(6)1-3-12-10/h1-4,7-8H,5,11H2,(H,12,13). The van der Waals surface area contributed by atoms with Crippen LogP contribution in [0.3, 0.4) is 0 Å². The molecule has 1 fully saturated rings. The third kappa shape index (κ3) is 1.15. The van der Waals surface area contributed by atoms with Crippen LogP contribution in [0, 0.1) is 0 Å². The molecule has 2 aromatic rings. The molecule has 0 bridgehead atoms. The molecular formula is C10H11N3O. The van der Waals surface area contributed by atoms with Crippen molar-refractivity contribution < 1.29 is 4.42 Å². The highest BCUT2D eigenvalue weighted by Crippen LogP contribution is 2.27. The van der Waals surface area contributed by atoms with E-state index in [1.165, 1.54) is 0 Å². The van der Waals surface area contributed by atoms with Crippen LogP contribution >= 0.6 is 0 Å². The second-order valence-electron chi connectivity index (χ2n) is 3.64. The third-order valence-corrected chi connectivity index (χ3v) is 2.54. The Labute approximate surface area is 81.1 Å². The van der Waals surface area contributed by atoms with Crippen molar-refractivity contribution in [2.24, 2.45) is 5.73 Å². The summed E-state index contributed by atoms with van der Waals surface area (Å²) in [6.45, 7) is 0. The molecule has 1 aliphatic rings. The number of aromatic nitrogens is 1. The van der Waals surface area contributed by atoms with Crippen LogP contribution < -0.4 is 11.1 Å². The van der Waals surface area contributed by atoms with E-state index < -0.39 is 0 Å². The van der Waals surface area contributed by atoms with Crippen LogP contribution in [0.25, 0.3) is 11.0 Å². The predicted molar refractivity (Wildman–Crippen MR) is 54.0 cm³/mol. The van der Waals surface area contributed by atoms with Crippen molar-refractivity contribution in [2.75, 3.05) is 5.32 Å². The van der Waals surface area contributed by atoms with E-state index in [0.717, 1.165) is 23.2 Å². The summed E-state index contributed by atoms with van der Waals surface area (Å²) in [7, 11) is 0. The number of anilines is 1. The molecule has 0 radical (unpaired) electrons. The zero-order valence-corrected chi connectivity index (χ0v) is 7.60. The van der Waals surface area contributed by atoms with Crippen molar-refractivity contribution in [1.82, 2.24) is 4.98 Å². The molecule has 0 aromatic carbocycles. The molecule has 0 spiro atoms. The molecule has 2 aromatic heterocycles. The smallest absolute Gasteiger partial charge is 0.139 e. The minimum absolute atomic E-state index is 0.277. The van der Waals surface area contributed by atoms with E-state index in [-0.39, 0.29) is 6.04 Å². The summed E-state index contributed by atoms with van der Waals surface area (Å²) in [5.74, 6) is 0.870. The van der Waals surface area contributed by atoms with Crippen LogP contribution in [0.2, 0.25) is 0 Å². The monoisotopic (exact) mass is 189 g/mol. The molecule has 2 atom stereocenters. The van der Waals surface area contributed by atoms with E-state index in [0.29, 0.717) is 6.04 Å². The zero-order chi connectivity index (χ0) is 9.54. The second kappa shape index (κ2) is 2.72. The molecule has 1 saturated carbocycles. The number of rotatable bonds is 2. The summed E-state index contributed by atoms with van der Waals surface area (Å²) >= 11 is 0.